The molecule has 2 atom stereocenters. The van der Waals surface area contributed by atoms with Crippen molar-refractivity contribution in [1.29, 1.82) is 0 Å². The highest BCUT2D eigenvalue weighted by molar-refractivity contribution is 5.94. The van der Waals surface area contributed by atoms with Gasteiger partial charge in [0.25, 0.3) is 5.91 Å². The number of ether oxygens (including phenoxy) is 1. The Morgan fingerprint density at radius 1 is 1.04 bits per heavy atom. The van der Waals surface area contributed by atoms with Crippen LogP contribution in [0.15, 0.2) is 48.5 Å². The summed E-state index contributed by atoms with van der Waals surface area (Å²) in [6.07, 6.45) is 2.32. The molecule has 3 heterocycles. The van der Waals surface area contributed by atoms with Gasteiger partial charge in [0.2, 0.25) is 5.91 Å². The fourth-order valence-electron chi connectivity index (χ4n) is 4.30. The number of carbonyl (C=O) groups excluding carboxylic acids is 2. The number of rotatable bonds is 5. The van der Waals surface area contributed by atoms with Crippen LogP contribution >= 0.6 is 0 Å². The summed E-state index contributed by atoms with van der Waals surface area (Å²) in [7, 11) is 0. The maximum Gasteiger partial charge on any atom is 0.251 e. The summed E-state index contributed by atoms with van der Waals surface area (Å²) in [4.78, 5) is 26.4. The maximum atomic E-state index is 12.7. The van der Waals surface area contributed by atoms with Crippen LogP contribution in [0.4, 0.5) is 0 Å². The standard InChI is InChI=1S/C22H25N3O3/c1-14-20(15-9-11-25(14)12-10-15)24-22(27)16-5-7-18(8-6-16)28-19-4-2-3-17(13-19)21(23)26/h2-8,13-15,20H,9-12H2,1H3,(H2,23,26)(H,24,27). The van der Waals surface area contributed by atoms with Gasteiger partial charge in [0, 0.05) is 23.2 Å². The monoisotopic (exact) mass is 379 g/mol. The fraction of sp³-hybridized carbons (Fsp3) is 0.364. The minimum Gasteiger partial charge on any atom is -0.457 e. The first-order chi connectivity index (χ1) is 13.5. The quantitative estimate of drug-likeness (QED) is 0.837. The van der Waals surface area contributed by atoms with E-state index in [0.29, 0.717) is 34.6 Å². The first-order valence-electron chi connectivity index (χ1n) is 9.74. The highest BCUT2D eigenvalue weighted by atomic mass is 16.5. The van der Waals surface area contributed by atoms with Gasteiger partial charge in [0.1, 0.15) is 11.5 Å². The van der Waals surface area contributed by atoms with Crippen LogP contribution in [-0.4, -0.2) is 41.9 Å². The van der Waals surface area contributed by atoms with Crippen LogP contribution in [0.5, 0.6) is 11.5 Å². The number of hydrogen-bond donors (Lipinski definition) is 2. The Balaban J connectivity index is 1.41. The Morgan fingerprint density at radius 3 is 2.39 bits per heavy atom. The molecule has 5 rings (SSSR count). The van der Waals surface area contributed by atoms with Crippen molar-refractivity contribution in [2.24, 2.45) is 11.7 Å². The largest absolute Gasteiger partial charge is 0.457 e. The number of nitrogens with two attached hydrogens (primary N) is 1. The second-order valence-electron chi connectivity index (χ2n) is 7.63. The third kappa shape index (κ3) is 3.73. The van der Waals surface area contributed by atoms with Gasteiger partial charge < -0.3 is 15.8 Å². The maximum absolute atomic E-state index is 12.7. The van der Waals surface area contributed by atoms with E-state index in [0.717, 1.165) is 25.9 Å². The van der Waals surface area contributed by atoms with Gasteiger partial charge in [-0.2, -0.15) is 0 Å². The topological polar surface area (TPSA) is 84.7 Å². The molecule has 2 bridgehead atoms. The Bertz CT molecular complexity index is 871. The molecule has 2 unspecified atom stereocenters. The first-order valence-corrected chi connectivity index (χ1v) is 9.74. The van der Waals surface area contributed by atoms with Gasteiger partial charge in [-0.3, -0.25) is 14.5 Å². The Labute approximate surface area is 164 Å². The Kier molecular flexibility index (Phi) is 5.05. The highest BCUT2D eigenvalue weighted by Crippen LogP contribution is 2.32. The highest BCUT2D eigenvalue weighted by Gasteiger charge is 2.40. The molecule has 3 aliphatic heterocycles. The summed E-state index contributed by atoms with van der Waals surface area (Å²) < 4.78 is 5.77. The lowest BCUT2D eigenvalue weighted by atomic mass is 9.79. The number of fused-ring (bicyclic) bond motifs is 3. The molecule has 0 aromatic heterocycles. The van der Waals surface area contributed by atoms with Crippen molar-refractivity contribution in [3.63, 3.8) is 0 Å². The molecule has 6 heteroatoms. The number of primary amides is 1. The Morgan fingerprint density at radius 2 is 1.75 bits per heavy atom. The van der Waals surface area contributed by atoms with Gasteiger partial charge in [-0.1, -0.05) is 6.07 Å². The third-order valence-electron chi connectivity index (χ3n) is 5.95. The normalized spacial score (nSPS) is 25.9. The van der Waals surface area contributed by atoms with Crippen LogP contribution in [0.25, 0.3) is 0 Å². The summed E-state index contributed by atoms with van der Waals surface area (Å²) in [5.74, 6) is 1.14. The summed E-state index contributed by atoms with van der Waals surface area (Å²) in [5, 5.41) is 3.23. The molecule has 3 saturated heterocycles. The molecule has 3 fully saturated rings. The summed E-state index contributed by atoms with van der Waals surface area (Å²) in [5.41, 5.74) is 6.30. The lowest BCUT2D eigenvalue weighted by Gasteiger charge is -2.49. The zero-order valence-electron chi connectivity index (χ0n) is 15.9. The van der Waals surface area contributed by atoms with Crippen LogP contribution in [0.1, 0.15) is 40.5 Å². The predicted octanol–water partition coefficient (Wildman–Crippen LogP) is 2.79. The predicted molar refractivity (Wildman–Crippen MR) is 106 cm³/mol. The van der Waals surface area contributed by atoms with Crippen molar-refractivity contribution in [2.75, 3.05) is 13.1 Å². The first kappa shape index (κ1) is 18.5. The molecule has 0 saturated carbocycles. The van der Waals surface area contributed by atoms with Gasteiger partial charge in [-0.25, -0.2) is 0 Å². The molecule has 6 nitrogen and oxygen atoms in total. The van der Waals surface area contributed by atoms with Crippen LogP contribution in [0.2, 0.25) is 0 Å². The SMILES string of the molecule is CC1C(NC(=O)c2ccc(Oc3cccc(C(N)=O)c3)cc2)C2CCN1CC2. The average molecular weight is 379 g/mol. The Hall–Kier alpha value is -2.86. The summed E-state index contributed by atoms with van der Waals surface area (Å²) in [6, 6.07) is 14.3. The number of benzene rings is 2. The fourth-order valence-corrected chi connectivity index (χ4v) is 4.30. The van der Waals surface area contributed by atoms with E-state index in [-0.39, 0.29) is 11.9 Å². The van der Waals surface area contributed by atoms with Crippen molar-refractivity contribution in [2.45, 2.75) is 31.8 Å². The van der Waals surface area contributed by atoms with Crippen LogP contribution in [0, 0.1) is 5.92 Å². The number of hydrogen-bond acceptors (Lipinski definition) is 4. The molecule has 0 aliphatic carbocycles. The molecule has 28 heavy (non-hydrogen) atoms. The van der Waals surface area contributed by atoms with Gasteiger partial charge in [0.15, 0.2) is 0 Å². The van der Waals surface area contributed by atoms with Crippen molar-refractivity contribution in [1.82, 2.24) is 10.2 Å². The zero-order valence-corrected chi connectivity index (χ0v) is 15.9. The molecule has 2 aromatic rings. The van der Waals surface area contributed by atoms with E-state index in [4.69, 9.17) is 10.5 Å². The molecular formula is C22H25N3O3. The molecule has 0 radical (unpaired) electrons. The van der Waals surface area contributed by atoms with Gasteiger partial charge in [-0.15, -0.1) is 0 Å². The minimum absolute atomic E-state index is 0.0483. The van der Waals surface area contributed by atoms with E-state index < -0.39 is 5.91 Å². The van der Waals surface area contributed by atoms with Crippen LogP contribution in [0.3, 0.4) is 0 Å². The number of piperidine rings is 3. The molecule has 3 aliphatic rings. The molecule has 0 spiro atoms. The smallest absolute Gasteiger partial charge is 0.251 e. The molecule has 2 amide bonds. The summed E-state index contributed by atoms with van der Waals surface area (Å²) >= 11 is 0. The third-order valence-corrected chi connectivity index (χ3v) is 5.95. The van der Waals surface area contributed by atoms with E-state index in [1.165, 1.54) is 0 Å². The van der Waals surface area contributed by atoms with Crippen molar-refractivity contribution < 1.29 is 14.3 Å². The zero-order chi connectivity index (χ0) is 19.7. The number of carbonyl (C=O) groups is 2. The lowest BCUT2D eigenvalue weighted by Crippen LogP contribution is -2.62. The lowest BCUT2D eigenvalue weighted by molar-refractivity contribution is 0.0217. The van der Waals surface area contributed by atoms with E-state index in [1.54, 1.807) is 48.5 Å². The molecule has 2 aromatic carbocycles. The van der Waals surface area contributed by atoms with Crippen molar-refractivity contribution >= 4 is 11.8 Å². The number of nitrogens with one attached hydrogen (secondary N) is 1. The second kappa shape index (κ2) is 7.64. The van der Waals surface area contributed by atoms with Crippen LogP contribution in [-0.2, 0) is 0 Å². The van der Waals surface area contributed by atoms with Crippen molar-refractivity contribution in [3.05, 3.63) is 59.7 Å². The molecular weight excluding hydrogens is 354 g/mol. The van der Waals surface area contributed by atoms with Gasteiger partial charge in [-0.05, 0) is 81.2 Å². The molecule has 146 valence electrons. The second-order valence-corrected chi connectivity index (χ2v) is 7.63. The van der Waals surface area contributed by atoms with Gasteiger partial charge in [0.05, 0.1) is 0 Å². The minimum atomic E-state index is -0.501. The van der Waals surface area contributed by atoms with Gasteiger partial charge >= 0.3 is 0 Å². The van der Waals surface area contributed by atoms with Crippen molar-refractivity contribution in [3.8, 4) is 11.5 Å². The number of amides is 2. The van der Waals surface area contributed by atoms with E-state index in [2.05, 4.69) is 17.1 Å². The average Bonchev–Trinajstić information content (AvgIpc) is 2.71. The molecule has 3 N–H and O–H groups in total. The van der Waals surface area contributed by atoms with E-state index >= 15 is 0 Å². The number of nitrogens with zero attached hydrogens (tertiary/aromatic N) is 1. The van der Waals surface area contributed by atoms with Crippen LogP contribution < -0.4 is 15.8 Å². The van der Waals surface area contributed by atoms with E-state index in [1.807, 2.05) is 0 Å². The summed E-state index contributed by atoms with van der Waals surface area (Å²) in [6.45, 7) is 4.48. The van der Waals surface area contributed by atoms with E-state index in [9.17, 15) is 9.59 Å².